The van der Waals surface area contributed by atoms with E-state index < -0.39 is 5.97 Å². The van der Waals surface area contributed by atoms with Crippen LogP contribution >= 0.6 is 11.8 Å². The van der Waals surface area contributed by atoms with E-state index in [1.807, 2.05) is 6.07 Å². The van der Waals surface area contributed by atoms with Gasteiger partial charge in [-0.2, -0.15) is 5.26 Å². The molecule has 0 radical (unpaired) electrons. The minimum atomic E-state index is -0.999. The van der Waals surface area contributed by atoms with Crippen molar-refractivity contribution in [1.29, 1.82) is 5.26 Å². The van der Waals surface area contributed by atoms with Gasteiger partial charge in [0.1, 0.15) is 6.54 Å². The third kappa shape index (κ3) is 3.53. The zero-order chi connectivity index (χ0) is 13.7. The summed E-state index contributed by atoms with van der Waals surface area (Å²) in [6.45, 7) is -0.270. The number of nitrogens with zero attached hydrogens (tertiary/aromatic N) is 5. The first-order valence-corrected chi connectivity index (χ1v) is 6.27. The minimum Gasteiger partial charge on any atom is -0.480 e. The molecule has 8 heteroatoms. The molecule has 0 aliphatic carbocycles. The molecule has 0 amide bonds. The van der Waals surface area contributed by atoms with Gasteiger partial charge >= 0.3 is 5.97 Å². The fourth-order valence-corrected chi connectivity index (χ4v) is 2.23. The van der Waals surface area contributed by atoms with Crippen LogP contribution < -0.4 is 0 Å². The first-order valence-electron chi connectivity index (χ1n) is 5.29. The van der Waals surface area contributed by atoms with Gasteiger partial charge in [0.05, 0.1) is 11.6 Å². The quantitative estimate of drug-likeness (QED) is 0.809. The summed E-state index contributed by atoms with van der Waals surface area (Å²) >= 11 is 1.32. The smallest absolute Gasteiger partial charge is 0.325 e. The molecule has 0 fully saturated rings. The molecule has 0 spiro atoms. The summed E-state index contributed by atoms with van der Waals surface area (Å²) in [6, 6.07) is 9.25. The van der Waals surface area contributed by atoms with Gasteiger partial charge < -0.3 is 5.11 Å². The molecule has 7 nitrogen and oxygen atoms in total. The van der Waals surface area contributed by atoms with Crippen LogP contribution in [-0.2, 0) is 17.1 Å². The Hall–Kier alpha value is -2.40. The Morgan fingerprint density at radius 1 is 1.53 bits per heavy atom. The molecule has 19 heavy (non-hydrogen) atoms. The first-order chi connectivity index (χ1) is 9.19. The van der Waals surface area contributed by atoms with Gasteiger partial charge in [0.15, 0.2) is 0 Å². The van der Waals surface area contributed by atoms with Crippen LogP contribution in [0.5, 0.6) is 0 Å². The van der Waals surface area contributed by atoms with Gasteiger partial charge in [-0.15, -0.1) is 5.10 Å². The Morgan fingerprint density at radius 2 is 2.37 bits per heavy atom. The van der Waals surface area contributed by atoms with Crippen molar-refractivity contribution in [2.45, 2.75) is 17.5 Å². The monoisotopic (exact) mass is 275 g/mol. The molecular formula is C11H9N5O2S. The number of carbonyl (C=O) groups is 1. The fraction of sp³-hybridized carbons (Fsp3) is 0.182. The van der Waals surface area contributed by atoms with E-state index in [0.29, 0.717) is 16.5 Å². The van der Waals surface area contributed by atoms with Gasteiger partial charge in [0, 0.05) is 5.75 Å². The SMILES string of the molecule is N#Cc1cccc(CSc2nnnn2CC(=O)O)c1. The lowest BCUT2D eigenvalue weighted by molar-refractivity contribution is -0.138. The highest BCUT2D eigenvalue weighted by atomic mass is 32.2. The van der Waals surface area contributed by atoms with Gasteiger partial charge in [-0.3, -0.25) is 4.79 Å². The van der Waals surface area contributed by atoms with E-state index in [0.717, 1.165) is 5.56 Å². The molecule has 0 aliphatic rings. The lowest BCUT2D eigenvalue weighted by Crippen LogP contribution is -2.11. The number of carboxylic acids is 1. The number of nitriles is 1. The van der Waals surface area contributed by atoms with Crippen molar-refractivity contribution in [2.24, 2.45) is 0 Å². The van der Waals surface area contributed by atoms with Gasteiger partial charge in [0.2, 0.25) is 5.16 Å². The standard InChI is InChI=1S/C11H9N5O2S/c12-5-8-2-1-3-9(4-8)7-19-11-13-14-15-16(11)6-10(17)18/h1-4H,6-7H2,(H,17,18). The molecule has 0 aliphatic heterocycles. The van der Waals surface area contributed by atoms with Crippen molar-refractivity contribution in [1.82, 2.24) is 20.2 Å². The molecule has 0 unspecified atom stereocenters. The lowest BCUT2D eigenvalue weighted by atomic mass is 10.2. The van der Waals surface area contributed by atoms with E-state index in [1.54, 1.807) is 18.2 Å². The molecule has 0 atom stereocenters. The summed E-state index contributed by atoms with van der Waals surface area (Å²) in [5, 5.41) is 28.8. The van der Waals surface area contributed by atoms with Gasteiger partial charge in [-0.05, 0) is 28.1 Å². The van der Waals surface area contributed by atoms with E-state index in [4.69, 9.17) is 10.4 Å². The van der Waals surface area contributed by atoms with Crippen LogP contribution in [0.15, 0.2) is 29.4 Å². The molecule has 1 N–H and O–H groups in total. The summed E-state index contributed by atoms with van der Waals surface area (Å²) in [5.41, 5.74) is 1.54. The summed E-state index contributed by atoms with van der Waals surface area (Å²) in [4.78, 5) is 10.6. The summed E-state index contributed by atoms with van der Waals surface area (Å²) < 4.78 is 1.22. The molecular weight excluding hydrogens is 266 g/mol. The summed E-state index contributed by atoms with van der Waals surface area (Å²) in [6.07, 6.45) is 0. The van der Waals surface area contributed by atoms with Crippen LogP contribution in [0.4, 0.5) is 0 Å². The Labute approximate surface area is 112 Å². The highest BCUT2D eigenvalue weighted by molar-refractivity contribution is 7.98. The predicted octanol–water partition coefficient (Wildman–Crippen LogP) is 0.922. The lowest BCUT2D eigenvalue weighted by Gasteiger charge is -2.02. The highest BCUT2D eigenvalue weighted by Crippen LogP contribution is 2.20. The van der Waals surface area contributed by atoms with Gasteiger partial charge in [-0.25, -0.2) is 4.68 Å². The predicted molar refractivity (Wildman–Crippen MR) is 66.2 cm³/mol. The van der Waals surface area contributed by atoms with Crippen molar-refractivity contribution in [3.63, 3.8) is 0 Å². The van der Waals surface area contributed by atoms with Crippen LogP contribution in [0, 0.1) is 11.3 Å². The average molecular weight is 275 g/mol. The molecule has 1 heterocycles. The van der Waals surface area contributed by atoms with E-state index in [9.17, 15) is 4.79 Å². The molecule has 96 valence electrons. The normalized spacial score (nSPS) is 10.1. The molecule has 2 rings (SSSR count). The molecule has 1 aromatic carbocycles. The number of tetrazole rings is 1. The van der Waals surface area contributed by atoms with Crippen LogP contribution in [0.3, 0.4) is 0 Å². The number of benzene rings is 1. The number of aliphatic carboxylic acids is 1. The van der Waals surface area contributed by atoms with Crippen molar-refractivity contribution in [3.05, 3.63) is 35.4 Å². The molecule has 0 saturated carbocycles. The van der Waals surface area contributed by atoms with Crippen LogP contribution in [0.25, 0.3) is 0 Å². The Kier molecular flexibility index (Phi) is 4.10. The van der Waals surface area contributed by atoms with Crippen molar-refractivity contribution < 1.29 is 9.90 Å². The first kappa shape index (κ1) is 13.0. The number of aromatic nitrogens is 4. The number of hydrogen-bond donors (Lipinski definition) is 1. The number of carboxylic acid groups (broad SMARTS) is 1. The Balaban J connectivity index is 2.04. The van der Waals surface area contributed by atoms with Crippen LogP contribution in [0.1, 0.15) is 11.1 Å². The average Bonchev–Trinajstić information content (AvgIpc) is 2.83. The maximum atomic E-state index is 10.6. The van der Waals surface area contributed by atoms with Gasteiger partial charge in [-0.1, -0.05) is 23.9 Å². The van der Waals surface area contributed by atoms with Crippen molar-refractivity contribution >= 4 is 17.7 Å². The van der Waals surface area contributed by atoms with E-state index in [1.165, 1.54) is 16.4 Å². The second-order valence-corrected chi connectivity index (χ2v) is 4.56. The van der Waals surface area contributed by atoms with Crippen LogP contribution in [-0.4, -0.2) is 31.3 Å². The third-order valence-electron chi connectivity index (χ3n) is 2.21. The van der Waals surface area contributed by atoms with Crippen LogP contribution in [0.2, 0.25) is 0 Å². The second kappa shape index (κ2) is 5.97. The summed E-state index contributed by atoms with van der Waals surface area (Å²) in [7, 11) is 0. The number of rotatable bonds is 5. The van der Waals surface area contributed by atoms with Crippen molar-refractivity contribution in [3.8, 4) is 6.07 Å². The fourth-order valence-electron chi connectivity index (χ4n) is 1.41. The molecule has 2 aromatic rings. The zero-order valence-electron chi connectivity index (χ0n) is 9.72. The van der Waals surface area contributed by atoms with Crippen molar-refractivity contribution in [2.75, 3.05) is 0 Å². The maximum Gasteiger partial charge on any atom is 0.325 e. The topological polar surface area (TPSA) is 105 Å². The molecule has 0 saturated heterocycles. The second-order valence-electron chi connectivity index (χ2n) is 3.61. The van der Waals surface area contributed by atoms with E-state index in [2.05, 4.69) is 21.6 Å². The molecule has 0 bridgehead atoms. The zero-order valence-corrected chi connectivity index (χ0v) is 10.5. The largest absolute Gasteiger partial charge is 0.480 e. The molecule has 1 aromatic heterocycles. The third-order valence-corrected chi connectivity index (χ3v) is 3.24. The minimum absolute atomic E-state index is 0.270. The van der Waals surface area contributed by atoms with Gasteiger partial charge in [0.25, 0.3) is 0 Å². The number of thioether (sulfide) groups is 1. The number of hydrogen-bond acceptors (Lipinski definition) is 6. The van der Waals surface area contributed by atoms with E-state index in [-0.39, 0.29) is 6.54 Å². The maximum absolute atomic E-state index is 10.6. The Morgan fingerprint density at radius 3 is 3.11 bits per heavy atom. The summed E-state index contributed by atoms with van der Waals surface area (Å²) in [5.74, 6) is -0.434. The Bertz CT molecular complexity index is 634. The highest BCUT2D eigenvalue weighted by Gasteiger charge is 2.10. The van der Waals surface area contributed by atoms with E-state index >= 15 is 0 Å².